The van der Waals surface area contributed by atoms with Gasteiger partial charge in [0.15, 0.2) is 0 Å². The lowest BCUT2D eigenvalue weighted by molar-refractivity contribution is -0.131. The number of nitrogens with zero attached hydrogens (tertiary/aromatic N) is 4. The second-order valence-electron chi connectivity index (χ2n) is 9.39. The van der Waals surface area contributed by atoms with Gasteiger partial charge in [-0.05, 0) is 43.5 Å². The number of fused-ring (bicyclic) bond motifs is 1. The number of anilines is 1. The number of likely N-dealkylation sites (N-methyl/N-ethyl adjacent to an activating group) is 1. The smallest absolute Gasteiger partial charge is 0.254 e. The third kappa shape index (κ3) is 4.77. The fourth-order valence-corrected chi connectivity index (χ4v) is 4.81. The summed E-state index contributed by atoms with van der Waals surface area (Å²) in [5, 5.41) is 12.8. The molecule has 0 bridgehead atoms. The maximum Gasteiger partial charge on any atom is 0.254 e. The van der Waals surface area contributed by atoms with Crippen LogP contribution in [0.1, 0.15) is 41.4 Å². The van der Waals surface area contributed by atoms with Crippen LogP contribution in [0.4, 0.5) is 5.69 Å². The summed E-state index contributed by atoms with van der Waals surface area (Å²) in [6, 6.07) is 13.7. The molecule has 184 valence electrons. The maximum absolute atomic E-state index is 13.1. The average molecular weight is 505 g/mol. The van der Waals surface area contributed by atoms with Gasteiger partial charge >= 0.3 is 0 Å². The summed E-state index contributed by atoms with van der Waals surface area (Å²) in [5.74, 6) is -0.225. The third-order valence-corrected chi connectivity index (χ3v) is 6.96. The van der Waals surface area contributed by atoms with Crippen LogP contribution in [0.15, 0.2) is 42.5 Å². The number of rotatable bonds is 6. The highest BCUT2D eigenvalue weighted by Crippen LogP contribution is 2.40. The van der Waals surface area contributed by atoms with E-state index in [0.29, 0.717) is 33.2 Å². The fraction of sp³-hybridized carbons (Fsp3) is 0.346. The number of nitrogens with one attached hydrogen (secondary N) is 2. The highest BCUT2D eigenvalue weighted by atomic mass is 35.5. The van der Waals surface area contributed by atoms with E-state index < -0.39 is 17.9 Å². The van der Waals surface area contributed by atoms with Crippen LogP contribution in [0, 0.1) is 17.2 Å². The van der Waals surface area contributed by atoms with Gasteiger partial charge in [-0.15, -0.1) is 0 Å². The van der Waals surface area contributed by atoms with Crippen LogP contribution in [-0.2, 0) is 9.59 Å². The molecule has 2 atom stereocenters. The first-order valence-corrected chi connectivity index (χ1v) is 12.2. The monoisotopic (exact) mass is 504 g/mol. The maximum atomic E-state index is 13.1. The second-order valence-corrected chi connectivity index (χ2v) is 9.80. The number of aromatic nitrogens is 2. The van der Waals surface area contributed by atoms with E-state index in [0.717, 1.165) is 18.7 Å². The summed E-state index contributed by atoms with van der Waals surface area (Å²) in [7, 11) is 1.53. The zero-order chi connectivity index (χ0) is 25.4. The Balaban J connectivity index is 1.24. The van der Waals surface area contributed by atoms with Gasteiger partial charge < -0.3 is 20.1 Å². The molecule has 3 aromatic rings. The van der Waals surface area contributed by atoms with Gasteiger partial charge in [-0.2, -0.15) is 5.26 Å². The molecule has 2 N–H and O–H groups in total. The van der Waals surface area contributed by atoms with E-state index in [1.165, 1.54) is 16.8 Å². The first kappa shape index (κ1) is 23.8. The quantitative estimate of drug-likeness (QED) is 0.531. The molecule has 1 aliphatic carbocycles. The lowest BCUT2D eigenvalue weighted by Crippen LogP contribution is -2.43. The Morgan fingerprint density at radius 1 is 1.25 bits per heavy atom. The van der Waals surface area contributed by atoms with Gasteiger partial charge in [-0.25, -0.2) is 4.98 Å². The number of H-pyrrole nitrogens is 1. The van der Waals surface area contributed by atoms with E-state index in [4.69, 9.17) is 11.6 Å². The molecule has 1 aliphatic heterocycles. The number of para-hydroxylation sites is 1. The first-order valence-electron chi connectivity index (χ1n) is 11.8. The van der Waals surface area contributed by atoms with Crippen molar-refractivity contribution in [1.82, 2.24) is 19.8 Å². The van der Waals surface area contributed by atoms with E-state index in [-0.39, 0.29) is 31.3 Å². The van der Waals surface area contributed by atoms with Crippen LogP contribution in [0.25, 0.3) is 11.0 Å². The van der Waals surface area contributed by atoms with E-state index in [2.05, 4.69) is 21.4 Å². The number of aromatic amines is 1. The molecule has 3 amide bonds. The number of halogens is 1. The highest BCUT2D eigenvalue weighted by Gasteiger charge is 2.39. The van der Waals surface area contributed by atoms with Gasteiger partial charge in [-0.3, -0.25) is 14.4 Å². The van der Waals surface area contributed by atoms with Crippen molar-refractivity contribution in [2.45, 2.75) is 31.2 Å². The number of nitriles is 1. The molecule has 10 heteroatoms. The van der Waals surface area contributed by atoms with Gasteiger partial charge in [0.2, 0.25) is 11.8 Å². The molecule has 0 radical (unpaired) electrons. The predicted molar refractivity (Wildman–Crippen MR) is 134 cm³/mol. The predicted octanol–water partition coefficient (Wildman–Crippen LogP) is 3.55. The lowest BCUT2D eigenvalue weighted by Gasteiger charge is -2.24. The Hall–Kier alpha value is -3.90. The number of carbonyl (C=O) groups excluding carboxylic acids is 3. The number of likely N-dealkylation sites (tertiary alicyclic amines) is 1. The Labute approximate surface area is 213 Å². The molecule has 2 aliphatic rings. The van der Waals surface area contributed by atoms with Gasteiger partial charge in [0.1, 0.15) is 17.4 Å². The van der Waals surface area contributed by atoms with Crippen molar-refractivity contribution in [1.29, 1.82) is 5.26 Å². The molecular formula is C26H25ClN6O3. The number of benzene rings is 2. The van der Waals surface area contributed by atoms with E-state index in [9.17, 15) is 19.6 Å². The summed E-state index contributed by atoms with van der Waals surface area (Å²) >= 11 is 6.40. The molecule has 5 rings (SSSR count). The summed E-state index contributed by atoms with van der Waals surface area (Å²) in [6.07, 6.45) is 2.42. The van der Waals surface area contributed by atoms with Crippen LogP contribution < -0.4 is 5.32 Å². The largest absolute Gasteiger partial charge is 0.342 e. The third-order valence-electron chi connectivity index (χ3n) is 6.67. The number of hydrogen-bond donors (Lipinski definition) is 2. The highest BCUT2D eigenvalue weighted by molar-refractivity contribution is 6.35. The number of carbonyl (C=O) groups is 3. The molecule has 36 heavy (non-hydrogen) atoms. The van der Waals surface area contributed by atoms with Gasteiger partial charge in [-0.1, -0.05) is 29.8 Å². The summed E-state index contributed by atoms with van der Waals surface area (Å²) < 4.78 is 0. The molecule has 2 heterocycles. The van der Waals surface area contributed by atoms with Crippen molar-refractivity contribution in [3.05, 3.63) is 58.9 Å². The summed E-state index contributed by atoms with van der Waals surface area (Å²) in [6.45, 7) is -0.108. The van der Waals surface area contributed by atoms with Crippen LogP contribution in [-0.4, -0.2) is 63.7 Å². The van der Waals surface area contributed by atoms with Crippen molar-refractivity contribution in [3.8, 4) is 6.07 Å². The molecular weight excluding hydrogens is 480 g/mol. The first-order chi connectivity index (χ1) is 17.3. The van der Waals surface area contributed by atoms with Crippen molar-refractivity contribution >= 4 is 46.0 Å². The number of imidazole rings is 1. The average Bonchev–Trinajstić information content (AvgIpc) is 3.47. The second kappa shape index (κ2) is 9.63. The van der Waals surface area contributed by atoms with Crippen LogP contribution in [0.3, 0.4) is 0 Å². The Morgan fingerprint density at radius 3 is 2.69 bits per heavy atom. The molecule has 2 unspecified atom stereocenters. The minimum Gasteiger partial charge on any atom is -0.342 e. The SMILES string of the molecule is CN(CC(=O)N1CC(C(=O)Nc2ccccc2)CC1C#N)C(=O)c1cc(Cl)c2nc(C3CC3)[nH]c2c1. The topological polar surface area (TPSA) is 122 Å². The molecule has 9 nitrogen and oxygen atoms in total. The molecule has 1 saturated heterocycles. The zero-order valence-corrected chi connectivity index (χ0v) is 20.5. The zero-order valence-electron chi connectivity index (χ0n) is 19.7. The van der Waals surface area contributed by atoms with Gasteiger partial charge in [0.25, 0.3) is 5.91 Å². The minimum atomic E-state index is -0.732. The Morgan fingerprint density at radius 2 is 2.00 bits per heavy atom. The molecule has 2 aromatic carbocycles. The van der Waals surface area contributed by atoms with Crippen LogP contribution in [0.5, 0.6) is 0 Å². The Bertz CT molecular complexity index is 1380. The van der Waals surface area contributed by atoms with Crippen molar-refractivity contribution in [3.63, 3.8) is 0 Å². The van der Waals surface area contributed by atoms with E-state index in [1.807, 2.05) is 18.2 Å². The number of hydrogen-bond acceptors (Lipinski definition) is 5. The van der Waals surface area contributed by atoms with Crippen molar-refractivity contribution < 1.29 is 14.4 Å². The molecule has 1 aromatic heterocycles. The van der Waals surface area contributed by atoms with E-state index >= 15 is 0 Å². The number of amides is 3. The molecule has 2 fully saturated rings. The molecule has 0 spiro atoms. The standard InChI is InChI=1S/C26H25ClN6O3/c1-32(26(36)16-10-20(27)23-21(11-16)30-24(31-23)15-7-8-15)14-22(34)33-13-17(9-19(33)12-28)25(35)29-18-5-3-2-4-6-18/h2-6,10-11,15,17,19H,7-9,13-14H2,1H3,(H,29,35)(H,30,31). The Kier molecular flexibility index (Phi) is 6.37. The summed E-state index contributed by atoms with van der Waals surface area (Å²) in [5.41, 5.74) is 2.31. The van der Waals surface area contributed by atoms with Gasteiger partial charge in [0.05, 0.1) is 29.1 Å². The minimum absolute atomic E-state index is 0.119. The fourth-order valence-electron chi connectivity index (χ4n) is 4.54. The van der Waals surface area contributed by atoms with Crippen molar-refractivity contribution in [2.75, 3.05) is 25.5 Å². The summed E-state index contributed by atoms with van der Waals surface area (Å²) in [4.78, 5) is 49.3. The normalized spacial score (nSPS) is 19.2. The van der Waals surface area contributed by atoms with Gasteiger partial charge in [0, 0.05) is 30.8 Å². The van der Waals surface area contributed by atoms with E-state index in [1.54, 1.807) is 24.3 Å². The van der Waals surface area contributed by atoms with Crippen LogP contribution in [0.2, 0.25) is 5.02 Å². The van der Waals surface area contributed by atoms with Crippen LogP contribution >= 0.6 is 11.6 Å². The van der Waals surface area contributed by atoms with Crippen molar-refractivity contribution in [2.24, 2.45) is 5.92 Å². The lowest BCUT2D eigenvalue weighted by atomic mass is 10.1. The molecule has 1 saturated carbocycles.